The van der Waals surface area contributed by atoms with Crippen LogP contribution in [0, 0.1) is 11.3 Å². The lowest BCUT2D eigenvalue weighted by atomic mass is 10.0. The smallest absolute Gasteiger partial charge is 0.435 e. The van der Waals surface area contributed by atoms with Gasteiger partial charge in [0.25, 0.3) is 0 Å². The van der Waals surface area contributed by atoms with E-state index in [0.29, 0.717) is 22.8 Å². The van der Waals surface area contributed by atoms with Gasteiger partial charge in [0.1, 0.15) is 17.2 Å². The molecule has 3 heterocycles. The summed E-state index contributed by atoms with van der Waals surface area (Å²) in [5.74, 6) is 0.395. The quantitative estimate of drug-likeness (QED) is 0.385. The molecule has 178 valence electrons. The van der Waals surface area contributed by atoms with Gasteiger partial charge in [-0.1, -0.05) is 0 Å². The molecule has 0 spiro atoms. The molecule has 0 unspecified atom stereocenters. The van der Waals surface area contributed by atoms with E-state index in [0.717, 1.165) is 10.7 Å². The lowest BCUT2D eigenvalue weighted by molar-refractivity contribution is -0.141. The first-order valence-electron chi connectivity index (χ1n) is 10.3. The number of halogens is 3. The Kier molecular flexibility index (Phi) is 6.15. The zero-order valence-corrected chi connectivity index (χ0v) is 18.6. The molecule has 35 heavy (non-hydrogen) atoms. The fourth-order valence-electron chi connectivity index (χ4n) is 3.09. The molecule has 1 aromatic carbocycles. The predicted molar refractivity (Wildman–Crippen MR) is 120 cm³/mol. The third-order valence-electron chi connectivity index (χ3n) is 4.82. The number of rotatable bonds is 6. The summed E-state index contributed by atoms with van der Waals surface area (Å²) in [6, 6.07) is 15.0. The van der Waals surface area contributed by atoms with E-state index in [-0.39, 0.29) is 17.3 Å². The van der Waals surface area contributed by atoms with Crippen LogP contribution < -0.4 is 10.1 Å². The number of hydrogen-bond donors (Lipinski definition) is 2. The summed E-state index contributed by atoms with van der Waals surface area (Å²) in [6.45, 7) is 3.22. The fraction of sp³-hybridized carbons (Fsp3) is 0.167. The predicted octanol–water partition coefficient (Wildman–Crippen LogP) is 5.32. The van der Waals surface area contributed by atoms with E-state index < -0.39 is 17.5 Å². The van der Waals surface area contributed by atoms with Crippen LogP contribution in [0.4, 0.5) is 24.7 Å². The minimum Gasteiger partial charge on any atom is -0.439 e. The van der Waals surface area contributed by atoms with Crippen LogP contribution in [0.2, 0.25) is 0 Å². The molecule has 8 nitrogen and oxygen atoms in total. The van der Waals surface area contributed by atoms with Gasteiger partial charge in [0, 0.05) is 30.2 Å². The highest BCUT2D eigenvalue weighted by molar-refractivity contribution is 5.58. The molecule has 0 radical (unpaired) electrons. The van der Waals surface area contributed by atoms with Crippen LogP contribution in [0.1, 0.15) is 30.8 Å². The van der Waals surface area contributed by atoms with E-state index >= 15 is 0 Å². The highest BCUT2D eigenvalue weighted by Crippen LogP contribution is 2.34. The van der Waals surface area contributed by atoms with Gasteiger partial charge in [-0.2, -0.15) is 23.5 Å². The summed E-state index contributed by atoms with van der Waals surface area (Å²) in [5, 5.41) is 25.8. The maximum atomic E-state index is 13.4. The molecular formula is C24H19F3N6O2. The first-order chi connectivity index (χ1) is 16.5. The molecule has 11 heteroatoms. The molecule has 0 aliphatic heterocycles. The lowest BCUT2D eigenvalue weighted by Crippen LogP contribution is -2.17. The van der Waals surface area contributed by atoms with Crippen LogP contribution in [-0.4, -0.2) is 24.9 Å². The Bertz CT molecular complexity index is 1390. The second-order valence-electron chi connectivity index (χ2n) is 8.03. The monoisotopic (exact) mass is 480 g/mol. The molecule has 0 aliphatic carbocycles. The van der Waals surface area contributed by atoms with Gasteiger partial charge in [-0.25, -0.2) is 9.67 Å². The summed E-state index contributed by atoms with van der Waals surface area (Å²) in [7, 11) is 0. The van der Waals surface area contributed by atoms with Crippen molar-refractivity contribution in [2.24, 2.45) is 0 Å². The minimum atomic E-state index is -4.68. The Morgan fingerprint density at radius 2 is 1.69 bits per heavy atom. The maximum Gasteiger partial charge on any atom is 0.435 e. The van der Waals surface area contributed by atoms with Crippen molar-refractivity contribution in [2.45, 2.75) is 25.6 Å². The number of anilines is 2. The molecule has 4 rings (SSSR count). The molecule has 3 aromatic heterocycles. The Morgan fingerprint density at radius 3 is 2.34 bits per heavy atom. The van der Waals surface area contributed by atoms with Crippen LogP contribution in [0.15, 0.2) is 67.0 Å². The van der Waals surface area contributed by atoms with Crippen molar-refractivity contribution in [3.05, 3.63) is 83.9 Å². The zero-order valence-electron chi connectivity index (χ0n) is 18.6. The average Bonchev–Trinajstić information content (AvgIpc) is 3.23. The number of aromatic nitrogens is 4. The van der Waals surface area contributed by atoms with E-state index in [1.54, 1.807) is 26.0 Å². The van der Waals surface area contributed by atoms with Gasteiger partial charge in [0.15, 0.2) is 5.69 Å². The molecule has 0 aliphatic rings. The van der Waals surface area contributed by atoms with Gasteiger partial charge in [-0.15, -0.1) is 0 Å². The normalized spacial score (nSPS) is 11.7. The minimum absolute atomic E-state index is 0.174. The molecule has 0 fully saturated rings. The van der Waals surface area contributed by atoms with Crippen LogP contribution in [0.3, 0.4) is 0 Å². The van der Waals surface area contributed by atoms with Gasteiger partial charge in [0.2, 0.25) is 5.88 Å². The fourth-order valence-corrected chi connectivity index (χ4v) is 3.09. The van der Waals surface area contributed by atoms with E-state index in [4.69, 9.17) is 10.00 Å². The van der Waals surface area contributed by atoms with Crippen molar-refractivity contribution >= 4 is 11.5 Å². The largest absolute Gasteiger partial charge is 0.439 e. The first kappa shape index (κ1) is 23.7. The maximum absolute atomic E-state index is 13.4. The zero-order chi connectivity index (χ0) is 25.2. The summed E-state index contributed by atoms with van der Waals surface area (Å²) >= 11 is 0. The SMILES string of the molecule is CC(C)(O)c1cc(Nc2cc(Oc3cc(C(F)(F)F)nn3-c3ccc(C#N)cc3)ccn2)ccn1. The van der Waals surface area contributed by atoms with Crippen LogP contribution in [0.25, 0.3) is 5.69 Å². The molecule has 0 bridgehead atoms. The number of nitriles is 1. The van der Waals surface area contributed by atoms with Crippen molar-refractivity contribution < 1.29 is 23.0 Å². The van der Waals surface area contributed by atoms with Crippen LogP contribution in [0.5, 0.6) is 11.6 Å². The highest BCUT2D eigenvalue weighted by Gasteiger charge is 2.35. The first-order valence-corrected chi connectivity index (χ1v) is 10.3. The van der Waals surface area contributed by atoms with Crippen molar-refractivity contribution in [3.8, 4) is 23.4 Å². The van der Waals surface area contributed by atoms with Crippen LogP contribution >= 0.6 is 0 Å². The Morgan fingerprint density at radius 1 is 0.971 bits per heavy atom. The molecule has 0 amide bonds. The van der Waals surface area contributed by atoms with Gasteiger partial charge in [-0.05, 0) is 56.3 Å². The number of benzene rings is 1. The molecule has 2 N–H and O–H groups in total. The lowest BCUT2D eigenvalue weighted by Gasteiger charge is -2.17. The van der Waals surface area contributed by atoms with Gasteiger partial charge in [0.05, 0.1) is 23.0 Å². The molecule has 4 aromatic rings. The van der Waals surface area contributed by atoms with Crippen molar-refractivity contribution in [2.75, 3.05) is 5.32 Å². The number of nitrogens with one attached hydrogen (secondary N) is 1. The van der Waals surface area contributed by atoms with E-state index in [1.165, 1.54) is 48.8 Å². The van der Waals surface area contributed by atoms with E-state index in [2.05, 4.69) is 20.4 Å². The number of ether oxygens (including phenoxy) is 1. The molecular weight excluding hydrogens is 461 g/mol. The van der Waals surface area contributed by atoms with E-state index in [1.807, 2.05) is 6.07 Å². The molecule has 0 saturated carbocycles. The number of aliphatic hydroxyl groups is 1. The Hall–Kier alpha value is -4.43. The Labute approximate surface area is 198 Å². The van der Waals surface area contributed by atoms with Crippen molar-refractivity contribution in [1.29, 1.82) is 5.26 Å². The number of nitrogens with zero attached hydrogens (tertiary/aromatic N) is 5. The third-order valence-corrected chi connectivity index (χ3v) is 4.82. The van der Waals surface area contributed by atoms with Crippen molar-refractivity contribution in [3.63, 3.8) is 0 Å². The Balaban J connectivity index is 1.64. The van der Waals surface area contributed by atoms with E-state index in [9.17, 15) is 18.3 Å². The summed E-state index contributed by atoms with van der Waals surface area (Å²) in [6.07, 6.45) is -1.71. The standard InChI is InChI=1S/C24H19F3N6O2/c1-23(2,34)19-11-16(7-9-29-19)31-21-12-18(8-10-30-21)35-22-13-20(24(25,26)27)32-33(22)17-5-3-15(14-28)4-6-17/h3-13,34H,1-2H3,(H,29,30,31). The summed E-state index contributed by atoms with van der Waals surface area (Å²) < 4.78 is 46.8. The van der Waals surface area contributed by atoms with Gasteiger partial charge < -0.3 is 15.2 Å². The number of alkyl halides is 3. The summed E-state index contributed by atoms with van der Waals surface area (Å²) in [5.41, 5.74) is -0.577. The molecule has 0 saturated heterocycles. The van der Waals surface area contributed by atoms with Crippen LogP contribution in [-0.2, 0) is 11.8 Å². The number of hydrogen-bond acceptors (Lipinski definition) is 7. The third kappa shape index (κ3) is 5.56. The average molecular weight is 480 g/mol. The highest BCUT2D eigenvalue weighted by atomic mass is 19.4. The molecule has 0 atom stereocenters. The second kappa shape index (κ2) is 9.08. The topological polar surface area (TPSA) is 109 Å². The van der Waals surface area contributed by atoms with Gasteiger partial charge in [-0.3, -0.25) is 4.98 Å². The second-order valence-corrected chi connectivity index (χ2v) is 8.03. The number of pyridine rings is 2. The van der Waals surface area contributed by atoms with Gasteiger partial charge >= 0.3 is 6.18 Å². The van der Waals surface area contributed by atoms with Crippen molar-refractivity contribution in [1.82, 2.24) is 19.7 Å². The summed E-state index contributed by atoms with van der Waals surface area (Å²) in [4.78, 5) is 8.35.